The van der Waals surface area contributed by atoms with Crippen LogP contribution in [0.2, 0.25) is 0 Å². The smallest absolute Gasteiger partial charge is 0.335 e. The summed E-state index contributed by atoms with van der Waals surface area (Å²) in [5.74, 6) is 1.17. The summed E-state index contributed by atoms with van der Waals surface area (Å²) in [5.41, 5.74) is 3.05. The second kappa shape index (κ2) is 10.1. The first-order chi connectivity index (χ1) is 14.5. The molecule has 1 heterocycles. The van der Waals surface area contributed by atoms with E-state index in [1.54, 1.807) is 26.4 Å². The highest BCUT2D eigenvalue weighted by molar-refractivity contribution is 9.10. The molecule has 0 saturated heterocycles. The molecule has 7 heteroatoms. The molecular weight excluding hydrogens is 450 g/mol. The van der Waals surface area contributed by atoms with Gasteiger partial charge in [-0.25, -0.2) is 9.78 Å². The molecule has 0 saturated carbocycles. The largest absolute Gasteiger partial charge is 0.497 e. The van der Waals surface area contributed by atoms with E-state index >= 15 is 0 Å². The number of rotatable bonds is 9. The third-order valence-electron chi connectivity index (χ3n) is 4.56. The maximum Gasteiger partial charge on any atom is 0.335 e. The topological polar surface area (TPSA) is 77.9 Å². The van der Waals surface area contributed by atoms with Crippen LogP contribution in [0.1, 0.15) is 27.2 Å². The van der Waals surface area contributed by atoms with Gasteiger partial charge in [0.15, 0.2) is 0 Å². The number of carboxylic acids is 1. The van der Waals surface area contributed by atoms with Crippen LogP contribution in [0.3, 0.4) is 0 Å². The number of pyridine rings is 1. The minimum atomic E-state index is -0.930. The van der Waals surface area contributed by atoms with Gasteiger partial charge in [0.1, 0.15) is 28.5 Å². The van der Waals surface area contributed by atoms with E-state index in [0.717, 1.165) is 21.4 Å². The van der Waals surface area contributed by atoms with Gasteiger partial charge in [0.05, 0.1) is 25.5 Å². The molecule has 0 fully saturated rings. The van der Waals surface area contributed by atoms with Gasteiger partial charge < -0.3 is 19.3 Å². The third-order valence-corrected chi connectivity index (χ3v) is 5.00. The first-order valence-corrected chi connectivity index (χ1v) is 10.1. The standard InChI is InChI=1S/C23H22BrNO5/c1-28-18-11-16(12-19(13-18)29-2)14-30-21-9-10-22(24)25-20(21)8-5-15-3-6-17(7-4-15)23(26)27/h3-4,6-7,9-13H,5,8,14H2,1-2H3,(H,26,27). The lowest BCUT2D eigenvalue weighted by Gasteiger charge is -2.13. The molecule has 1 N–H and O–H groups in total. The van der Waals surface area contributed by atoms with Crippen molar-refractivity contribution in [1.82, 2.24) is 4.98 Å². The maximum absolute atomic E-state index is 11.0. The third kappa shape index (κ3) is 5.73. The van der Waals surface area contributed by atoms with Crippen LogP contribution in [0.15, 0.2) is 59.2 Å². The Morgan fingerprint density at radius 3 is 2.20 bits per heavy atom. The van der Waals surface area contributed by atoms with Crippen molar-refractivity contribution in [3.63, 3.8) is 0 Å². The van der Waals surface area contributed by atoms with Crippen LogP contribution < -0.4 is 14.2 Å². The molecule has 0 amide bonds. The van der Waals surface area contributed by atoms with Gasteiger partial charge in [-0.2, -0.15) is 0 Å². The Hall–Kier alpha value is -3.06. The van der Waals surface area contributed by atoms with Gasteiger partial charge in [-0.3, -0.25) is 0 Å². The number of hydrogen-bond donors (Lipinski definition) is 1. The molecular formula is C23H22BrNO5. The molecule has 0 spiro atoms. The molecule has 156 valence electrons. The van der Waals surface area contributed by atoms with E-state index in [2.05, 4.69) is 20.9 Å². The van der Waals surface area contributed by atoms with Crippen LogP contribution in [-0.4, -0.2) is 30.3 Å². The van der Waals surface area contributed by atoms with Crippen molar-refractivity contribution in [2.75, 3.05) is 14.2 Å². The minimum absolute atomic E-state index is 0.275. The molecule has 0 atom stereocenters. The fraction of sp³-hybridized carbons (Fsp3) is 0.217. The van der Waals surface area contributed by atoms with E-state index in [1.165, 1.54) is 0 Å². The number of aromatic nitrogens is 1. The summed E-state index contributed by atoms with van der Waals surface area (Å²) in [4.78, 5) is 15.6. The summed E-state index contributed by atoms with van der Waals surface area (Å²) in [6.45, 7) is 0.344. The zero-order chi connectivity index (χ0) is 21.5. The van der Waals surface area contributed by atoms with Gasteiger partial charge >= 0.3 is 5.97 Å². The minimum Gasteiger partial charge on any atom is -0.497 e. The van der Waals surface area contributed by atoms with Crippen molar-refractivity contribution >= 4 is 21.9 Å². The van der Waals surface area contributed by atoms with Crippen molar-refractivity contribution in [2.45, 2.75) is 19.4 Å². The summed E-state index contributed by atoms with van der Waals surface area (Å²) >= 11 is 3.42. The van der Waals surface area contributed by atoms with E-state index in [1.807, 2.05) is 42.5 Å². The first kappa shape index (κ1) is 21.6. The zero-order valence-corrected chi connectivity index (χ0v) is 18.3. The van der Waals surface area contributed by atoms with Crippen LogP contribution in [0.4, 0.5) is 0 Å². The van der Waals surface area contributed by atoms with E-state index < -0.39 is 5.97 Å². The molecule has 30 heavy (non-hydrogen) atoms. The molecule has 0 aliphatic rings. The Morgan fingerprint density at radius 1 is 0.933 bits per heavy atom. The highest BCUT2D eigenvalue weighted by atomic mass is 79.9. The van der Waals surface area contributed by atoms with Gasteiger partial charge in [0.2, 0.25) is 0 Å². The molecule has 3 aromatic rings. The molecule has 0 aliphatic heterocycles. The van der Waals surface area contributed by atoms with Crippen molar-refractivity contribution < 1.29 is 24.1 Å². The summed E-state index contributed by atoms with van der Waals surface area (Å²) in [6, 6.07) is 16.2. The Morgan fingerprint density at radius 2 is 1.60 bits per heavy atom. The van der Waals surface area contributed by atoms with E-state index in [9.17, 15) is 4.79 Å². The second-order valence-electron chi connectivity index (χ2n) is 6.59. The van der Waals surface area contributed by atoms with Gasteiger partial charge in [-0.15, -0.1) is 0 Å². The zero-order valence-electron chi connectivity index (χ0n) is 16.7. The lowest BCUT2D eigenvalue weighted by Crippen LogP contribution is -2.03. The molecule has 6 nitrogen and oxygen atoms in total. The Bertz CT molecular complexity index is 998. The second-order valence-corrected chi connectivity index (χ2v) is 7.40. The van der Waals surface area contributed by atoms with Crippen molar-refractivity contribution in [2.24, 2.45) is 0 Å². The van der Waals surface area contributed by atoms with E-state index in [0.29, 0.717) is 36.7 Å². The fourth-order valence-corrected chi connectivity index (χ4v) is 3.31. The molecule has 3 rings (SSSR count). The predicted octanol–water partition coefficient (Wildman–Crippen LogP) is 4.92. The van der Waals surface area contributed by atoms with E-state index in [-0.39, 0.29) is 5.56 Å². The Labute approximate surface area is 183 Å². The van der Waals surface area contributed by atoms with Crippen LogP contribution in [0, 0.1) is 0 Å². The van der Waals surface area contributed by atoms with Crippen LogP contribution in [0.5, 0.6) is 17.2 Å². The van der Waals surface area contributed by atoms with Gasteiger partial charge in [-0.05, 0) is 76.3 Å². The molecule has 0 aliphatic carbocycles. The summed E-state index contributed by atoms with van der Waals surface area (Å²) in [5, 5.41) is 9.02. The van der Waals surface area contributed by atoms with Crippen LogP contribution in [0.25, 0.3) is 0 Å². The molecule has 0 radical (unpaired) electrons. The number of benzene rings is 2. The molecule has 0 bridgehead atoms. The Balaban J connectivity index is 1.71. The number of halogens is 1. The Kier molecular flexibility index (Phi) is 7.30. The summed E-state index contributed by atoms with van der Waals surface area (Å²) < 4.78 is 17.4. The number of aromatic carboxylic acids is 1. The highest BCUT2D eigenvalue weighted by Crippen LogP contribution is 2.26. The normalized spacial score (nSPS) is 10.5. The number of carboxylic acid groups (broad SMARTS) is 1. The number of methoxy groups -OCH3 is 2. The average Bonchev–Trinajstić information content (AvgIpc) is 2.76. The van der Waals surface area contributed by atoms with Crippen molar-refractivity contribution in [3.8, 4) is 17.2 Å². The SMILES string of the molecule is COc1cc(COc2ccc(Br)nc2CCc2ccc(C(=O)O)cc2)cc(OC)c1. The maximum atomic E-state index is 11.0. The van der Waals surface area contributed by atoms with Gasteiger partial charge in [0, 0.05) is 6.07 Å². The predicted molar refractivity (Wildman–Crippen MR) is 117 cm³/mol. The highest BCUT2D eigenvalue weighted by Gasteiger charge is 2.10. The lowest BCUT2D eigenvalue weighted by atomic mass is 10.1. The fourth-order valence-electron chi connectivity index (χ4n) is 2.96. The molecule has 2 aromatic carbocycles. The monoisotopic (exact) mass is 471 g/mol. The van der Waals surface area contributed by atoms with Crippen LogP contribution >= 0.6 is 15.9 Å². The molecule has 0 unspecified atom stereocenters. The number of aryl methyl sites for hydroxylation is 2. The van der Waals surface area contributed by atoms with E-state index in [4.69, 9.17) is 19.3 Å². The van der Waals surface area contributed by atoms with Gasteiger partial charge in [-0.1, -0.05) is 12.1 Å². The lowest BCUT2D eigenvalue weighted by molar-refractivity contribution is 0.0697. The van der Waals surface area contributed by atoms with Crippen molar-refractivity contribution in [3.05, 3.63) is 81.6 Å². The van der Waals surface area contributed by atoms with Crippen molar-refractivity contribution in [1.29, 1.82) is 0 Å². The summed E-state index contributed by atoms with van der Waals surface area (Å²) in [6.07, 6.45) is 1.37. The number of carbonyl (C=O) groups is 1. The number of ether oxygens (including phenoxy) is 3. The first-order valence-electron chi connectivity index (χ1n) is 9.31. The van der Waals surface area contributed by atoms with Gasteiger partial charge in [0.25, 0.3) is 0 Å². The van der Waals surface area contributed by atoms with Crippen LogP contribution in [-0.2, 0) is 19.4 Å². The summed E-state index contributed by atoms with van der Waals surface area (Å²) in [7, 11) is 3.22. The average molecular weight is 472 g/mol. The quantitative estimate of drug-likeness (QED) is 0.446. The molecule has 1 aromatic heterocycles. The number of nitrogens with zero attached hydrogens (tertiary/aromatic N) is 1. The number of hydrogen-bond acceptors (Lipinski definition) is 5.